The summed E-state index contributed by atoms with van der Waals surface area (Å²) in [6.45, 7) is 3.50. The summed E-state index contributed by atoms with van der Waals surface area (Å²) in [6.07, 6.45) is 6.13. The van der Waals surface area contributed by atoms with Gasteiger partial charge in [0.15, 0.2) is 0 Å². The van der Waals surface area contributed by atoms with Gasteiger partial charge in [0, 0.05) is 38.4 Å². The van der Waals surface area contributed by atoms with Crippen molar-refractivity contribution in [1.82, 2.24) is 15.2 Å². The fourth-order valence-corrected chi connectivity index (χ4v) is 3.78. The first-order chi connectivity index (χ1) is 13.6. The highest BCUT2D eigenvalue weighted by Crippen LogP contribution is 2.23. The molecule has 0 spiro atoms. The number of pyridine rings is 1. The molecule has 1 saturated heterocycles. The largest absolute Gasteiger partial charge is 0.359 e. The van der Waals surface area contributed by atoms with Crippen molar-refractivity contribution in [2.75, 3.05) is 20.1 Å². The third-order valence-corrected chi connectivity index (χ3v) is 5.61. The van der Waals surface area contributed by atoms with Crippen LogP contribution < -0.4 is 5.32 Å². The maximum atomic E-state index is 12.7. The van der Waals surface area contributed by atoms with Crippen LogP contribution in [0.25, 0.3) is 0 Å². The number of hydrogen-bond acceptors (Lipinski definition) is 3. The average molecular weight is 380 g/mol. The topological polar surface area (TPSA) is 62.3 Å². The number of piperidine rings is 1. The fourth-order valence-electron chi connectivity index (χ4n) is 3.78. The molecule has 2 amide bonds. The van der Waals surface area contributed by atoms with Crippen LogP contribution in [0.15, 0.2) is 42.6 Å². The minimum atomic E-state index is 0.0758. The van der Waals surface area contributed by atoms with E-state index in [1.165, 1.54) is 11.1 Å². The van der Waals surface area contributed by atoms with Crippen molar-refractivity contribution in [3.05, 3.63) is 65.0 Å². The lowest BCUT2D eigenvalue weighted by Gasteiger charge is -2.32. The summed E-state index contributed by atoms with van der Waals surface area (Å²) in [4.78, 5) is 30.3. The molecule has 0 radical (unpaired) electrons. The molecule has 5 nitrogen and oxygen atoms in total. The van der Waals surface area contributed by atoms with E-state index in [4.69, 9.17) is 0 Å². The molecular formula is C23H29N3O2. The molecule has 0 saturated carbocycles. The first-order valence-corrected chi connectivity index (χ1v) is 10.1. The van der Waals surface area contributed by atoms with E-state index in [9.17, 15) is 9.59 Å². The summed E-state index contributed by atoms with van der Waals surface area (Å²) in [5.74, 6) is 0.784. The molecule has 0 unspecified atom stereocenters. The summed E-state index contributed by atoms with van der Waals surface area (Å²) >= 11 is 0. The van der Waals surface area contributed by atoms with E-state index in [1.807, 2.05) is 24.0 Å². The van der Waals surface area contributed by atoms with Crippen molar-refractivity contribution in [3.63, 3.8) is 0 Å². The van der Waals surface area contributed by atoms with Crippen LogP contribution in [0, 0.1) is 12.8 Å². The number of nitrogens with zero attached hydrogens (tertiary/aromatic N) is 2. The van der Waals surface area contributed by atoms with E-state index in [0.29, 0.717) is 17.9 Å². The lowest BCUT2D eigenvalue weighted by Crippen LogP contribution is -2.39. The van der Waals surface area contributed by atoms with Gasteiger partial charge in [-0.25, -0.2) is 0 Å². The maximum absolute atomic E-state index is 12.7. The van der Waals surface area contributed by atoms with Crippen LogP contribution in [-0.4, -0.2) is 41.8 Å². The summed E-state index contributed by atoms with van der Waals surface area (Å²) < 4.78 is 0. The van der Waals surface area contributed by atoms with E-state index in [-0.39, 0.29) is 11.8 Å². The monoisotopic (exact) mass is 379 g/mol. The minimum absolute atomic E-state index is 0.0758. The summed E-state index contributed by atoms with van der Waals surface area (Å²) in [6, 6.07) is 12.3. The number of amides is 2. The number of nitrogens with one attached hydrogen (secondary N) is 1. The highest BCUT2D eigenvalue weighted by molar-refractivity contribution is 5.95. The number of likely N-dealkylation sites (tertiary alicyclic amines) is 1. The van der Waals surface area contributed by atoms with Gasteiger partial charge in [-0.05, 0) is 61.8 Å². The Morgan fingerprint density at radius 3 is 2.43 bits per heavy atom. The number of aryl methyl sites for hydroxylation is 2. The molecule has 1 fully saturated rings. The molecule has 1 aliphatic rings. The third-order valence-electron chi connectivity index (χ3n) is 5.61. The zero-order valence-corrected chi connectivity index (χ0v) is 16.8. The summed E-state index contributed by atoms with van der Waals surface area (Å²) in [7, 11) is 1.67. The molecule has 148 valence electrons. The highest BCUT2D eigenvalue weighted by Gasteiger charge is 2.24. The first-order valence-electron chi connectivity index (χ1n) is 10.1. The summed E-state index contributed by atoms with van der Waals surface area (Å²) in [5.41, 5.74) is 4.04. The lowest BCUT2D eigenvalue weighted by molar-refractivity contribution is -0.120. The van der Waals surface area contributed by atoms with E-state index in [2.05, 4.69) is 34.6 Å². The Hall–Kier alpha value is -2.69. The zero-order valence-electron chi connectivity index (χ0n) is 16.8. The molecule has 2 aromatic rings. The van der Waals surface area contributed by atoms with Crippen LogP contribution in [0.1, 0.15) is 46.4 Å². The van der Waals surface area contributed by atoms with Gasteiger partial charge in [0.2, 0.25) is 5.91 Å². The van der Waals surface area contributed by atoms with Crippen LogP contribution in [0.5, 0.6) is 0 Å². The van der Waals surface area contributed by atoms with Gasteiger partial charge >= 0.3 is 0 Å². The summed E-state index contributed by atoms with van der Waals surface area (Å²) in [5, 5.41) is 2.66. The van der Waals surface area contributed by atoms with Gasteiger partial charge < -0.3 is 10.2 Å². The Labute approximate surface area is 167 Å². The van der Waals surface area contributed by atoms with Crippen molar-refractivity contribution in [1.29, 1.82) is 0 Å². The van der Waals surface area contributed by atoms with Crippen molar-refractivity contribution in [3.8, 4) is 0 Å². The van der Waals surface area contributed by atoms with Crippen LogP contribution in [0.2, 0.25) is 0 Å². The van der Waals surface area contributed by atoms with Gasteiger partial charge in [-0.3, -0.25) is 14.6 Å². The van der Waals surface area contributed by atoms with Crippen LogP contribution >= 0.6 is 0 Å². The predicted molar refractivity (Wildman–Crippen MR) is 110 cm³/mol. The van der Waals surface area contributed by atoms with Gasteiger partial charge in [0.05, 0.1) is 5.56 Å². The fraction of sp³-hybridized carbons (Fsp3) is 0.435. The molecule has 3 rings (SSSR count). The molecule has 1 aromatic heterocycles. The molecule has 28 heavy (non-hydrogen) atoms. The van der Waals surface area contributed by atoms with Gasteiger partial charge in [0.25, 0.3) is 5.91 Å². The van der Waals surface area contributed by atoms with Gasteiger partial charge in [-0.15, -0.1) is 0 Å². The second-order valence-electron chi connectivity index (χ2n) is 7.57. The van der Waals surface area contributed by atoms with Crippen molar-refractivity contribution in [2.45, 2.75) is 39.0 Å². The van der Waals surface area contributed by atoms with E-state index < -0.39 is 0 Å². The Morgan fingerprint density at radius 1 is 1.11 bits per heavy atom. The standard InChI is InChI=1S/C23H29N3O2/c1-17-21(4-3-13-25-17)23(28)26-14-11-20(12-15-26)16-19-7-5-18(6-8-19)9-10-22(27)24-2/h3-8,13,20H,9-12,14-16H2,1-2H3,(H,24,27). The first kappa shape index (κ1) is 20.1. The van der Waals surface area contributed by atoms with E-state index >= 15 is 0 Å². The number of rotatable bonds is 6. The van der Waals surface area contributed by atoms with E-state index in [0.717, 1.165) is 44.5 Å². The molecule has 1 aromatic carbocycles. The maximum Gasteiger partial charge on any atom is 0.255 e. The van der Waals surface area contributed by atoms with Crippen molar-refractivity contribution < 1.29 is 9.59 Å². The predicted octanol–water partition coefficient (Wildman–Crippen LogP) is 3.16. The minimum Gasteiger partial charge on any atom is -0.359 e. The number of benzene rings is 1. The van der Waals surface area contributed by atoms with Crippen LogP contribution in [0.4, 0.5) is 0 Å². The third kappa shape index (κ3) is 5.18. The molecule has 1 N–H and O–H groups in total. The normalized spacial score (nSPS) is 14.7. The van der Waals surface area contributed by atoms with Gasteiger partial charge in [-0.1, -0.05) is 24.3 Å². The average Bonchev–Trinajstić information content (AvgIpc) is 2.73. The Kier molecular flexibility index (Phi) is 6.80. The smallest absolute Gasteiger partial charge is 0.255 e. The molecule has 5 heteroatoms. The van der Waals surface area contributed by atoms with E-state index in [1.54, 1.807) is 13.2 Å². The van der Waals surface area contributed by atoms with Gasteiger partial charge in [-0.2, -0.15) is 0 Å². The Morgan fingerprint density at radius 2 is 1.79 bits per heavy atom. The molecule has 0 atom stereocenters. The van der Waals surface area contributed by atoms with Gasteiger partial charge in [0.1, 0.15) is 0 Å². The number of hydrogen-bond donors (Lipinski definition) is 1. The number of aromatic nitrogens is 1. The molecule has 0 bridgehead atoms. The van der Waals surface area contributed by atoms with Crippen LogP contribution in [-0.2, 0) is 17.6 Å². The highest BCUT2D eigenvalue weighted by atomic mass is 16.2. The van der Waals surface area contributed by atoms with Crippen LogP contribution in [0.3, 0.4) is 0 Å². The molecular weight excluding hydrogens is 350 g/mol. The second-order valence-corrected chi connectivity index (χ2v) is 7.57. The molecule has 0 aliphatic carbocycles. The number of carbonyl (C=O) groups is 2. The molecule has 1 aliphatic heterocycles. The quantitative estimate of drug-likeness (QED) is 0.839. The Bertz CT molecular complexity index is 809. The van der Waals surface area contributed by atoms with Crippen molar-refractivity contribution >= 4 is 11.8 Å². The SMILES string of the molecule is CNC(=O)CCc1ccc(CC2CCN(C(=O)c3cccnc3C)CC2)cc1. The zero-order chi connectivity index (χ0) is 19.9. The number of carbonyl (C=O) groups excluding carboxylic acids is 2. The lowest BCUT2D eigenvalue weighted by atomic mass is 9.89. The molecule has 2 heterocycles. The second kappa shape index (κ2) is 9.49. The van der Waals surface area contributed by atoms with Crippen molar-refractivity contribution in [2.24, 2.45) is 5.92 Å². The Balaban J connectivity index is 1.48.